The summed E-state index contributed by atoms with van der Waals surface area (Å²) in [7, 11) is 0. The largest absolute Gasteiger partial charge is 0.387 e. The van der Waals surface area contributed by atoms with Gasteiger partial charge in [0.25, 0.3) is 5.56 Å². The van der Waals surface area contributed by atoms with Crippen molar-refractivity contribution < 1.29 is 19.3 Å². The van der Waals surface area contributed by atoms with E-state index in [1.165, 1.54) is 0 Å². The van der Waals surface area contributed by atoms with Gasteiger partial charge in [-0.3, -0.25) is 14.3 Å². The highest BCUT2D eigenvalue weighted by atomic mass is 19.1. The fraction of sp³-hybridized carbons (Fsp3) is 0.556. The summed E-state index contributed by atoms with van der Waals surface area (Å²) in [5.74, 6) is 0. The lowest BCUT2D eigenvalue weighted by molar-refractivity contribution is -0.0454. The van der Waals surface area contributed by atoms with Crippen LogP contribution >= 0.6 is 0 Å². The van der Waals surface area contributed by atoms with Crippen molar-refractivity contribution in [2.24, 2.45) is 0 Å². The molecule has 1 saturated heterocycles. The number of H-pyrrole nitrogens is 1. The van der Waals surface area contributed by atoms with Gasteiger partial charge in [0, 0.05) is 12.3 Å². The lowest BCUT2D eigenvalue weighted by Gasteiger charge is -2.16. The smallest absolute Gasteiger partial charge is 0.330 e. The summed E-state index contributed by atoms with van der Waals surface area (Å²) in [5, 5.41) is 19.0. The topological polar surface area (TPSA) is 105 Å². The van der Waals surface area contributed by atoms with Gasteiger partial charge in [-0.15, -0.1) is 0 Å². The number of alkyl halides is 1. The van der Waals surface area contributed by atoms with E-state index in [4.69, 9.17) is 4.74 Å². The van der Waals surface area contributed by atoms with Crippen LogP contribution in [0, 0.1) is 0 Å². The molecule has 0 unspecified atom stereocenters. The Hall–Kier alpha value is -1.51. The predicted molar refractivity (Wildman–Crippen MR) is 53.2 cm³/mol. The van der Waals surface area contributed by atoms with Crippen LogP contribution in [0.3, 0.4) is 0 Å². The molecule has 7 nitrogen and oxygen atoms in total. The summed E-state index contributed by atoms with van der Waals surface area (Å²) in [6.45, 7) is -0.979. The van der Waals surface area contributed by atoms with Crippen molar-refractivity contribution in [1.82, 2.24) is 9.55 Å². The third kappa shape index (κ3) is 2.02. The van der Waals surface area contributed by atoms with E-state index in [-0.39, 0.29) is 0 Å². The number of ether oxygens (including phenoxy) is 1. The second-order valence-electron chi connectivity index (χ2n) is 3.72. The zero-order valence-corrected chi connectivity index (χ0v) is 8.62. The van der Waals surface area contributed by atoms with Gasteiger partial charge in [-0.1, -0.05) is 0 Å². The van der Waals surface area contributed by atoms with Gasteiger partial charge in [0.1, 0.15) is 25.0 Å². The van der Waals surface area contributed by atoms with Gasteiger partial charge in [0.2, 0.25) is 0 Å². The molecule has 94 valence electrons. The molecule has 17 heavy (non-hydrogen) atoms. The van der Waals surface area contributed by atoms with Crippen molar-refractivity contribution in [2.45, 2.75) is 24.5 Å². The Bertz CT molecular complexity index is 513. The molecule has 1 aromatic rings. The number of aromatic amines is 1. The average Bonchev–Trinajstić information content (AvgIpc) is 2.57. The number of rotatable bonds is 2. The second-order valence-corrected chi connectivity index (χ2v) is 3.72. The standard InChI is InChI=1S/C9H11FN2O5/c10-3-4-6(14)7(15)8(17-4)12-2-1-5(13)11-9(12)16/h1-2,4,6-8,14-15H,3H2,(H,11,13,16)/t4-,6+,7+,8-/m0/s1. The van der Waals surface area contributed by atoms with Gasteiger partial charge in [-0.2, -0.15) is 0 Å². The van der Waals surface area contributed by atoms with Crippen LogP contribution in [-0.4, -0.2) is 44.8 Å². The lowest BCUT2D eigenvalue weighted by Crippen LogP contribution is -2.37. The Kier molecular flexibility index (Phi) is 3.09. The number of nitrogens with zero attached hydrogens (tertiary/aromatic N) is 1. The van der Waals surface area contributed by atoms with E-state index in [9.17, 15) is 24.2 Å². The van der Waals surface area contributed by atoms with E-state index < -0.39 is 42.5 Å². The Morgan fingerprint density at radius 2 is 2.12 bits per heavy atom. The second kappa shape index (κ2) is 4.40. The van der Waals surface area contributed by atoms with Crippen LogP contribution in [0.2, 0.25) is 0 Å². The summed E-state index contributed by atoms with van der Waals surface area (Å²) in [4.78, 5) is 24.2. The first kappa shape index (κ1) is 12.0. The molecular weight excluding hydrogens is 235 g/mol. The maximum atomic E-state index is 12.4. The predicted octanol–water partition coefficient (Wildman–Crippen LogP) is -1.87. The molecule has 3 N–H and O–H groups in total. The highest BCUT2D eigenvalue weighted by molar-refractivity contribution is 4.92. The minimum Gasteiger partial charge on any atom is -0.387 e. The van der Waals surface area contributed by atoms with E-state index in [0.717, 1.165) is 16.8 Å². The zero-order chi connectivity index (χ0) is 12.6. The number of halogens is 1. The minimum atomic E-state index is -1.43. The van der Waals surface area contributed by atoms with Crippen molar-refractivity contribution >= 4 is 0 Å². The first-order valence-corrected chi connectivity index (χ1v) is 4.93. The number of aliphatic hydroxyl groups excluding tert-OH is 2. The molecule has 0 amide bonds. The van der Waals surface area contributed by atoms with Gasteiger partial charge >= 0.3 is 5.69 Å². The first-order chi connectivity index (χ1) is 8.04. The monoisotopic (exact) mass is 246 g/mol. The van der Waals surface area contributed by atoms with Gasteiger partial charge in [0.05, 0.1) is 0 Å². The zero-order valence-electron chi connectivity index (χ0n) is 8.62. The summed E-state index contributed by atoms with van der Waals surface area (Å²) in [5.41, 5.74) is -1.39. The van der Waals surface area contributed by atoms with Crippen LogP contribution in [0.15, 0.2) is 21.9 Å². The molecule has 2 rings (SSSR count). The molecule has 1 fully saturated rings. The Morgan fingerprint density at radius 1 is 1.41 bits per heavy atom. The normalized spacial score (nSPS) is 32.9. The molecular formula is C9H11FN2O5. The summed E-state index contributed by atoms with van der Waals surface area (Å²) < 4.78 is 18.3. The molecule has 8 heteroatoms. The van der Waals surface area contributed by atoms with Crippen molar-refractivity contribution in [3.63, 3.8) is 0 Å². The summed E-state index contributed by atoms with van der Waals surface area (Å²) in [6, 6.07) is 1.06. The quantitative estimate of drug-likeness (QED) is 0.567. The third-order valence-corrected chi connectivity index (χ3v) is 2.61. The van der Waals surface area contributed by atoms with Gasteiger partial charge in [-0.25, -0.2) is 9.18 Å². The molecule has 0 aromatic carbocycles. The molecule has 0 spiro atoms. The van der Waals surface area contributed by atoms with Crippen LogP contribution < -0.4 is 11.2 Å². The molecule has 0 bridgehead atoms. The van der Waals surface area contributed by atoms with Gasteiger partial charge in [0.15, 0.2) is 6.23 Å². The number of hydrogen-bond donors (Lipinski definition) is 3. The molecule has 1 aliphatic heterocycles. The molecule has 1 aromatic heterocycles. The highest BCUT2D eigenvalue weighted by Gasteiger charge is 2.43. The van der Waals surface area contributed by atoms with Gasteiger partial charge < -0.3 is 14.9 Å². The molecule has 0 aliphatic carbocycles. The van der Waals surface area contributed by atoms with Crippen molar-refractivity contribution in [3.05, 3.63) is 33.1 Å². The SMILES string of the molecule is O=c1ccn([C@H]2O[C@@H](CF)[C@@H](O)[C@H]2O)c(=O)[nH]1. The third-order valence-electron chi connectivity index (χ3n) is 2.61. The van der Waals surface area contributed by atoms with Crippen LogP contribution in [0.4, 0.5) is 4.39 Å². The van der Waals surface area contributed by atoms with Crippen molar-refractivity contribution in [2.75, 3.05) is 6.67 Å². The van der Waals surface area contributed by atoms with Gasteiger partial charge in [-0.05, 0) is 0 Å². The molecule has 2 heterocycles. The Balaban J connectivity index is 2.35. The van der Waals surface area contributed by atoms with Crippen molar-refractivity contribution in [1.29, 1.82) is 0 Å². The van der Waals surface area contributed by atoms with Crippen molar-refractivity contribution in [3.8, 4) is 0 Å². The molecule has 0 radical (unpaired) electrons. The highest BCUT2D eigenvalue weighted by Crippen LogP contribution is 2.28. The maximum Gasteiger partial charge on any atom is 0.330 e. The minimum absolute atomic E-state index is 0.596. The van der Waals surface area contributed by atoms with E-state index in [2.05, 4.69) is 0 Å². The van der Waals surface area contributed by atoms with E-state index in [1.807, 2.05) is 4.98 Å². The Labute approximate surface area is 94.1 Å². The molecule has 4 atom stereocenters. The number of hydrogen-bond acceptors (Lipinski definition) is 5. The summed E-state index contributed by atoms with van der Waals surface area (Å²) >= 11 is 0. The fourth-order valence-electron chi connectivity index (χ4n) is 1.71. The number of nitrogens with one attached hydrogen (secondary N) is 1. The van der Waals surface area contributed by atoms with Crippen LogP contribution in [0.25, 0.3) is 0 Å². The summed E-state index contributed by atoms with van der Waals surface area (Å²) in [6.07, 6.45) is -4.13. The molecule has 1 aliphatic rings. The number of aliphatic hydroxyl groups is 2. The Morgan fingerprint density at radius 3 is 2.65 bits per heavy atom. The maximum absolute atomic E-state index is 12.4. The van der Waals surface area contributed by atoms with Crippen LogP contribution in [0.5, 0.6) is 0 Å². The van der Waals surface area contributed by atoms with E-state index in [0.29, 0.717) is 0 Å². The van der Waals surface area contributed by atoms with Crippen LogP contribution in [0.1, 0.15) is 6.23 Å². The van der Waals surface area contributed by atoms with E-state index >= 15 is 0 Å². The number of aromatic nitrogens is 2. The van der Waals surface area contributed by atoms with E-state index in [1.54, 1.807) is 0 Å². The average molecular weight is 246 g/mol. The fourth-order valence-corrected chi connectivity index (χ4v) is 1.71. The first-order valence-electron chi connectivity index (χ1n) is 4.93. The lowest BCUT2D eigenvalue weighted by atomic mass is 10.1. The molecule has 0 saturated carbocycles. The van der Waals surface area contributed by atoms with Crippen LogP contribution in [-0.2, 0) is 4.74 Å².